The minimum Gasteiger partial charge on any atom is -0.408 e. The third-order valence-corrected chi connectivity index (χ3v) is 21.6. The number of ether oxygens (including phenoxy) is 4. The summed E-state index contributed by atoms with van der Waals surface area (Å²) in [5.41, 5.74) is -1.14. The van der Waals surface area contributed by atoms with Crippen molar-refractivity contribution in [3.63, 3.8) is 0 Å². The Kier molecular flexibility index (Phi) is 11.6. The van der Waals surface area contributed by atoms with Crippen LogP contribution in [0.15, 0.2) is 72.8 Å². The molecular weight excluding hydrogens is 729 g/mol. The Morgan fingerprint density at radius 3 is 1.77 bits per heavy atom. The summed E-state index contributed by atoms with van der Waals surface area (Å²) in [5.74, 6) is -1.39. The second kappa shape index (κ2) is 15.9. The van der Waals surface area contributed by atoms with Crippen LogP contribution in [0.1, 0.15) is 136 Å². The molecule has 2 aromatic rings. The van der Waals surface area contributed by atoms with Gasteiger partial charge in [0.2, 0.25) is 0 Å². The Labute approximate surface area is 344 Å². The molecule has 0 amide bonds. The summed E-state index contributed by atoms with van der Waals surface area (Å²) in [6.45, 7) is 18.2. The fourth-order valence-electron chi connectivity index (χ4n) is 13.3. The van der Waals surface area contributed by atoms with Gasteiger partial charge in [-0.25, -0.2) is 0 Å². The minimum absolute atomic E-state index is 0.187. The predicted octanol–water partition coefficient (Wildman–Crippen LogP) is 10.6. The summed E-state index contributed by atoms with van der Waals surface area (Å²) < 4.78 is 37.4. The molecule has 2 N–H and O–H groups in total. The lowest BCUT2D eigenvalue weighted by Crippen LogP contribution is -2.85. The van der Waals surface area contributed by atoms with E-state index in [2.05, 4.69) is 56.8 Å². The third-order valence-electron chi connectivity index (χ3n) is 16.4. The molecular formula is C49H72O7Si. The van der Waals surface area contributed by atoms with Crippen molar-refractivity contribution in [1.29, 1.82) is 0 Å². The Balaban J connectivity index is 1.37. The molecule has 5 saturated carbocycles. The van der Waals surface area contributed by atoms with E-state index in [4.69, 9.17) is 30.0 Å². The van der Waals surface area contributed by atoms with Gasteiger partial charge in [-0.15, -0.1) is 0 Å². The van der Waals surface area contributed by atoms with E-state index in [0.717, 1.165) is 29.5 Å². The maximum atomic E-state index is 14.3. The first-order valence-corrected chi connectivity index (χ1v) is 25.2. The van der Waals surface area contributed by atoms with Gasteiger partial charge in [0.25, 0.3) is 0 Å². The predicted molar refractivity (Wildman–Crippen MR) is 227 cm³/mol. The molecule has 1 saturated heterocycles. The van der Waals surface area contributed by atoms with Gasteiger partial charge >= 0.3 is 0 Å². The van der Waals surface area contributed by atoms with Crippen LogP contribution in [-0.2, 0) is 36.6 Å². The first-order valence-electron chi connectivity index (χ1n) is 22.6. The van der Waals surface area contributed by atoms with Crippen LogP contribution in [0.3, 0.4) is 0 Å². The summed E-state index contributed by atoms with van der Waals surface area (Å²) in [6.07, 6.45) is 12.7. The summed E-state index contributed by atoms with van der Waals surface area (Å²) >= 11 is 0. The van der Waals surface area contributed by atoms with E-state index in [-0.39, 0.29) is 24.5 Å². The standard InChI is InChI=1S/C49H72O7Si/c1-34-28-29-39-41-40(34)43(52-32-35-20-12-8-13-21-35)48(56-57(7,37-24-16-10-17-25-37)38-26-18-11-19-27-38)31-30-47(6,50)49(51,45(48,2)3)44(42(41)55-46(4,5)54-39)53-33-36-22-14-9-15-23-36/h8-9,12-15,20-23,37-44,50-51H,1,10-11,16-19,24-33H2,2-7H3/t39-,40+,41+,42-,43-,44-,47+,48+,49-/m0/s1. The molecule has 2 aromatic carbocycles. The average Bonchev–Trinajstić information content (AvgIpc) is 3.20. The van der Waals surface area contributed by atoms with Gasteiger partial charge in [-0.2, -0.15) is 0 Å². The second-order valence-corrected chi connectivity index (χ2v) is 24.6. The highest BCUT2D eigenvalue weighted by molar-refractivity contribution is 6.75. The minimum atomic E-state index is -2.61. The quantitative estimate of drug-likeness (QED) is 0.183. The van der Waals surface area contributed by atoms with Crippen LogP contribution < -0.4 is 0 Å². The Bertz CT molecular complexity index is 1670. The summed E-state index contributed by atoms with van der Waals surface area (Å²) in [4.78, 5) is 0. The molecule has 9 atom stereocenters. The number of aliphatic hydroxyl groups is 2. The second-order valence-electron chi connectivity index (χ2n) is 20.4. The summed E-state index contributed by atoms with van der Waals surface area (Å²) in [6, 6.07) is 20.6. The molecule has 8 rings (SSSR count). The molecule has 6 fully saturated rings. The number of hydrogen-bond donors (Lipinski definition) is 2. The highest BCUT2D eigenvalue weighted by Gasteiger charge is 2.79. The molecule has 8 heteroatoms. The molecule has 6 aliphatic rings. The first kappa shape index (κ1) is 41.8. The van der Waals surface area contributed by atoms with Crippen LogP contribution in [0.5, 0.6) is 0 Å². The van der Waals surface area contributed by atoms with Gasteiger partial charge in [0.05, 0.1) is 42.7 Å². The molecule has 7 nitrogen and oxygen atoms in total. The zero-order valence-corrected chi connectivity index (χ0v) is 36.8. The lowest BCUT2D eigenvalue weighted by atomic mass is 9.44. The van der Waals surface area contributed by atoms with E-state index in [1.54, 1.807) is 0 Å². The number of fused-ring (bicyclic) bond motifs is 2. The van der Waals surface area contributed by atoms with Crippen molar-refractivity contribution in [2.75, 3.05) is 0 Å². The Morgan fingerprint density at radius 2 is 1.23 bits per heavy atom. The summed E-state index contributed by atoms with van der Waals surface area (Å²) in [5, 5.41) is 27.3. The molecule has 5 aliphatic carbocycles. The molecule has 2 bridgehead atoms. The van der Waals surface area contributed by atoms with Crippen LogP contribution in [0.25, 0.3) is 0 Å². The van der Waals surface area contributed by atoms with Crippen molar-refractivity contribution in [3.8, 4) is 0 Å². The van der Waals surface area contributed by atoms with Gasteiger partial charge in [-0.05, 0) is 75.2 Å². The highest BCUT2D eigenvalue weighted by atomic mass is 28.4. The van der Waals surface area contributed by atoms with Gasteiger partial charge < -0.3 is 33.6 Å². The van der Waals surface area contributed by atoms with Gasteiger partial charge in [0, 0.05) is 17.3 Å². The molecule has 0 aromatic heterocycles. The molecule has 57 heavy (non-hydrogen) atoms. The van der Waals surface area contributed by atoms with Crippen molar-refractivity contribution < 1.29 is 33.6 Å². The lowest BCUT2D eigenvalue weighted by Gasteiger charge is -2.72. The lowest BCUT2D eigenvalue weighted by molar-refractivity contribution is -0.408. The van der Waals surface area contributed by atoms with E-state index in [1.165, 1.54) is 64.2 Å². The molecule has 314 valence electrons. The van der Waals surface area contributed by atoms with Crippen LogP contribution in [0, 0.1) is 17.3 Å². The third kappa shape index (κ3) is 7.18. The monoisotopic (exact) mass is 801 g/mol. The molecule has 0 unspecified atom stereocenters. The normalized spacial score (nSPS) is 38.5. The van der Waals surface area contributed by atoms with Crippen LogP contribution in [0.2, 0.25) is 17.6 Å². The first-order chi connectivity index (χ1) is 27.1. The van der Waals surface area contributed by atoms with Gasteiger partial charge in [-0.1, -0.05) is 151 Å². The Hall–Kier alpha value is -1.88. The molecule has 0 spiro atoms. The molecule has 1 aliphatic heterocycles. The van der Waals surface area contributed by atoms with Crippen molar-refractivity contribution in [1.82, 2.24) is 0 Å². The van der Waals surface area contributed by atoms with Crippen LogP contribution in [-0.4, -0.2) is 65.5 Å². The topological polar surface area (TPSA) is 86.6 Å². The van der Waals surface area contributed by atoms with E-state index >= 15 is 0 Å². The number of hydrogen-bond acceptors (Lipinski definition) is 7. The smallest absolute Gasteiger partial charge is 0.196 e. The number of benzene rings is 2. The van der Waals surface area contributed by atoms with E-state index < -0.39 is 54.6 Å². The van der Waals surface area contributed by atoms with E-state index in [1.807, 2.05) is 45.0 Å². The van der Waals surface area contributed by atoms with E-state index in [0.29, 0.717) is 30.5 Å². The summed E-state index contributed by atoms with van der Waals surface area (Å²) in [7, 11) is -2.61. The van der Waals surface area contributed by atoms with Crippen molar-refractivity contribution in [3.05, 3.63) is 83.9 Å². The zero-order chi connectivity index (χ0) is 40.3. The average molecular weight is 801 g/mol. The van der Waals surface area contributed by atoms with Crippen molar-refractivity contribution >= 4 is 8.32 Å². The SMILES string of the molecule is C=C1CC[C@@H]2OC(C)(C)O[C@H]3[C@H]2[C@@H]1[C@H](OCc1ccccc1)[C@]1(O[Si](C)(C2CCCCC2)C2CCCCC2)CC[C@@](C)(O)[C@](O)([C@H]3OCc2ccccc2)C1(C)C. The maximum Gasteiger partial charge on any atom is 0.196 e. The fourth-order valence-corrected chi connectivity index (χ4v) is 18.7. The van der Waals surface area contributed by atoms with Crippen molar-refractivity contribution in [2.45, 2.75) is 202 Å². The largest absolute Gasteiger partial charge is 0.408 e. The van der Waals surface area contributed by atoms with Gasteiger partial charge in [0.15, 0.2) is 14.1 Å². The molecule has 0 radical (unpaired) electrons. The Morgan fingerprint density at radius 1 is 0.702 bits per heavy atom. The maximum absolute atomic E-state index is 14.3. The van der Waals surface area contributed by atoms with Crippen LogP contribution in [0.4, 0.5) is 0 Å². The van der Waals surface area contributed by atoms with Crippen molar-refractivity contribution in [2.24, 2.45) is 17.3 Å². The van der Waals surface area contributed by atoms with E-state index in [9.17, 15) is 10.2 Å². The highest BCUT2D eigenvalue weighted by Crippen LogP contribution is 2.67. The van der Waals surface area contributed by atoms with Gasteiger partial charge in [0.1, 0.15) is 11.7 Å². The zero-order valence-electron chi connectivity index (χ0n) is 35.8. The number of rotatable bonds is 10. The fraction of sp³-hybridized carbons (Fsp3) is 0.714. The van der Waals surface area contributed by atoms with Gasteiger partial charge in [-0.3, -0.25) is 0 Å². The molecule has 1 heterocycles. The van der Waals surface area contributed by atoms with Crippen LogP contribution >= 0.6 is 0 Å².